The lowest BCUT2D eigenvalue weighted by Gasteiger charge is -2.41. The van der Waals surface area contributed by atoms with Crippen LogP contribution in [0.5, 0.6) is 5.75 Å². The molecule has 1 spiro atoms. The van der Waals surface area contributed by atoms with E-state index in [-0.39, 0.29) is 11.4 Å². The van der Waals surface area contributed by atoms with Gasteiger partial charge >= 0.3 is 0 Å². The van der Waals surface area contributed by atoms with Crippen LogP contribution >= 0.6 is 0 Å². The van der Waals surface area contributed by atoms with Gasteiger partial charge in [0.15, 0.2) is 0 Å². The Morgan fingerprint density at radius 3 is 2.81 bits per heavy atom. The lowest BCUT2D eigenvalue weighted by Crippen LogP contribution is -2.48. The Bertz CT molecular complexity index is 399. The highest BCUT2D eigenvalue weighted by Crippen LogP contribution is 2.38. The maximum absolute atomic E-state index is 13.1. The van der Waals surface area contributed by atoms with E-state index in [1.807, 2.05) is 0 Å². The highest BCUT2D eigenvalue weighted by atomic mass is 19.1. The lowest BCUT2D eigenvalue weighted by molar-refractivity contribution is 0.0168. The minimum Gasteiger partial charge on any atom is -0.487 e. The summed E-state index contributed by atoms with van der Waals surface area (Å²) in [5, 5.41) is 3.35. The first kappa shape index (κ1) is 10.1. The van der Waals surface area contributed by atoms with Crippen LogP contribution in [-0.2, 0) is 6.42 Å². The van der Waals surface area contributed by atoms with Crippen molar-refractivity contribution in [3.63, 3.8) is 0 Å². The summed E-state index contributed by atoms with van der Waals surface area (Å²) in [7, 11) is 0. The molecule has 2 aliphatic heterocycles. The van der Waals surface area contributed by atoms with Crippen LogP contribution < -0.4 is 10.1 Å². The number of fused-ring (bicyclic) bond motifs is 1. The van der Waals surface area contributed by atoms with E-state index in [2.05, 4.69) is 5.32 Å². The van der Waals surface area contributed by atoms with E-state index < -0.39 is 0 Å². The topological polar surface area (TPSA) is 21.3 Å². The molecule has 2 nitrogen and oxygen atoms in total. The molecular weight excluding hydrogens is 205 g/mol. The number of ether oxygens (including phenoxy) is 1. The van der Waals surface area contributed by atoms with Crippen LogP contribution in [-0.4, -0.2) is 18.7 Å². The van der Waals surface area contributed by atoms with Crippen LogP contribution in [0.1, 0.15) is 24.8 Å². The summed E-state index contributed by atoms with van der Waals surface area (Å²) >= 11 is 0. The number of rotatable bonds is 0. The van der Waals surface area contributed by atoms with Gasteiger partial charge in [0.2, 0.25) is 0 Å². The van der Waals surface area contributed by atoms with Gasteiger partial charge in [0.05, 0.1) is 0 Å². The van der Waals surface area contributed by atoms with Gasteiger partial charge in [0.25, 0.3) is 0 Å². The maximum atomic E-state index is 13.1. The third-order valence-corrected chi connectivity index (χ3v) is 3.71. The molecule has 1 N–H and O–H groups in total. The fourth-order valence-corrected chi connectivity index (χ4v) is 2.72. The zero-order chi connectivity index (χ0) is 11.0. The van der Waals surface area contributed by atoms with Gasteiger partial charge in [-0.05, 0) is 62.5 Å². The van der Waals surface area contributed by atoms with Crippen molar-refractivity contribution in [1.29, 1.82) is 0 Å². The second-order valence-corrected chi connectivity index (χ2v) is 4.79. The van der Waals surface area contributed by atoms with Gasteiger partial charge in [-0.2, -0.15) is 0 Å². The Labute approximate surface area is 94.8 Å². The van der Waals surface area contributed by atoms with Gasteiger partial charge in [-0.3, -0.25) is 0 Å². The molecule has 3 rings (SSSR count). The number of hydrogen-bond donors (Lipinski definition) is 1. The Morgan fingerprint density at radius 2 is 2.00 bits per heavy atom. The van der Waals surface area contributed by atoms with Gasteiger partial charge in [-0.15, -0.1) is 0 Å². The molecule has 0 radical (unpaired) electrons. The second kappa shape index (κ2) is 3.74. The van der Waals surface area contributed by atoms with E-state index in [9.17, 15) is 4.39 Å². The Morgan fingerprint density at radius 1 is 1.19 bits per heavy atom. The van der Waals surface area contributed by atoms with E-state index in [1.165, 1.54) is 6.07 Å². The second-order valence-electron chi connectivity index (χ2n) is 4.79. The summed E-state index contributed by atoms with van der Waals surface area (Å²) in [6.07, 6.45) is 4.08. The molecule has 0 atom stereocenters. The largest absolute Gasteiger partial charge is 0.487 e. The predicted octanol–water partition coefficient (Wildman–Crippen LogP) is 2.27. The number of halogens is 1. The van der Waals surface area contributed by atoms with Gasteiger partial charge in [0.1, 0.15) is 17.2 Å². The maximum Gasteiger partial charge on any atom is 0.123 e. The number of hydrogen-bond acceptors (Lipinski definition) is 2. The minimum atomic E-state index is -0.163. The third kappa shape index (κ3) is 1.69. The van der Waals surface area contributed by atoms with Crippen LogP contribution in [0.4, 0.5) is 4.39 Å². The summed E-state index contributed by atoms with van der Waals surface area (Å²) in [4.78, 5) is 0. The lowest BCUT2D eigenvalue weighted by atomic mass is 9.84. The number of benzene rings is 1. The van der Waals surface area contributed by atoms with Gasteiger partial charge < -0.3 is 10.1 Å². The average molecular weight is 221 g/mol. The molecule has 2 heterocycles. The average Bonchev–Trinajstić information content (AvgIpc) is 2.31. The van der Waals surface area contributed by atoms with Crippen LogP contribution in [0.2, 0.25) is 0 Å². The highest BCUT2D eigenvalue weighted by molar-refractivity contribution is 5.36. The first-order valence-corrected chi connectivity index (χ1v) is 5.96. The van der Waals surface area contributed by atoms with E-state index in [0.717, 1.165) is 50.1 Å². The van der Waals surface area contributed by atoms with E-state index in [0.29, 0.717) is 0 Å². The predicted molar refractivity (Wildman–Crippen MR) is 60.2 cm³/mol. The van der Waals surface area contributed by atoms with Crippen LogP contribution in [0, 0.1) is 5.82 Å². The molecule has 1 aromatic carbocycles. The van der Waals surface area contributed by atoms with Gasteiger partial charge in [0, 0.05) is 0 Å². The van der Waals surface area contributed by atoms with Crippen LogP contribution in [0.25, 0.3) is 0 Å². The van der Waals surface area contributed by atoms with Crippen molar-refractivity contribution in [2.45, 2.75) is 31.3 Å². The zero-order valence-corrected chi connectivity index (χ0v) is 9.26. The molecule has 3 heteroatoms. The molecular formula is C13H16FNO. The Kier molecular flexibility index (Phi) is 2.36. The van der Waals surface area contributed by atoms with Crippen LogP contribution in [0.15, 0.2) is 18.2 Å². The molecule has 16 heavy (non-hydrogen) atoms. The molecule has 2 aliphatic rings. The van der Waals surface area contributed by atoms with Crippen molar-refractivity contribution in [1.82, 2.24) is 5.32 Å². The molecule has 1 saturated heterocycles. The SMILES string of the molecule is Fc1ccc2c(c1)CCC1(CCNCC1)O2. The first-order valence-electron chi connectivity index (χ1n) is 5.96. The molecule has 0 bridgehead atoms. The molecule has 1 fully saturated rings. The molecule has 0 aliphatic carbocycles. The Hall–Kier alpha value is -1.09. The fraction of sp³-hybridized carbons (Fsp3) is 0.538. The number of piperidine rings is 1. The van der Waals surface area contributed by atoms with Crippen molar-refractivity contribution < 1.29 is 9.13 Å². The molecule has 0 saturated carbocycles. The van der Waals surface area contributed by atoms with E-state index in [4.69, 9.17) is 4.74 Å². The van der Waals surface area contributed by atoms with Crippen LogP contribution in [0.3, 0.4) is 0 Å². The molecule has 1 aromatic rings. The van der Waals surface area contributed by atoms with E-state index >= 15 is 0 Å². The van der Waals surface area contributed by atoms with Crippen molar-refractivity contribution >= 4 is 0 Å². The van der Waals surface area contributed by atoms with Gasteiger partial charge in [-0.1, -0.05) is 0 Å². The zero-order valence-electron chi connectivity index (χ0n) is 9.26. The monoisotopic (exact) mass is 221 g/mol. The number of nitrogens with one attached hydrogen (secondary N) is 1. The molecule has 0 amide bonds. The standard InChI is InChI=1S/C13H16FNO/c14-11-1-2-12-10(9-11)3-4-13(16-12)5-7-15-8-6-13/h1-2,9,15H,3-8H2. The normalized spacial score (nSPS) is 22.6. The van der Waals surface area contributed by atoms with Gasteiger partial charge in [-0.25, -0.2) is 4.39 Å². The molecule has 86 valence electrons. The minimum absolute atomic E-state index is 0.01000. The first-order chi connectivity index (χ1) is 7.77. The summed E-state index contributed by atoms with van der Waals surface area (Å²) in [6, 6.07) is 4.86. The van der Waals surface area contributed by atoms with Crippen molar-refractivity contribution in [2.24, 2.45) is 0 Å². The smallest absolute Gasteiger partial charge is 0.123 e. The summed E-state index contributed by atoms with van der Waals surface area (Å²) in [5.74, 6) is 0.721. The van der Waals surface area contributed by atoms with Crippen molar-refractivity contribution in [2.75, 3.05) is 13.1 Å². The van der Waals surface area contributed by atoms with Crippen molar-refractivity contribution in [3.8, 4) is 5.75 Å². The van der Waals surface area contributed by atoms with Crippen molar-refractivity contribution in [3.05, 3.63) is 29.6 Å². The Balaban J connectivity index is 1.88. The molecule has 0 aromatic heterocycles. The third-order valence-electron chi connectivity index (χ3n) is 3.71. The fourth-order valence-electron chi connectivity index (χ4n) is 2.72. The molecule has 0 unspecified atom stereocenters. The summed E-state index contributed by atoms with van der Waals surface area (Å²) in [5.41, 5.74) is 1.03. The highest BCUT2D eigenvalue weighted by Gasteiger charge is 2.37. The number of aryl methyl sites for hydroxylation is 1. The van der Waals surface area contributed by atoms with E-state index in [1.54, 1.807) is 12.1 Å². The summed E-state index contributed by atoms with van der Waals surface area (Å²) < 4.78 is 19.2. The summed E-state index contributed by atoms with van der Waals surface area (Å²) in [6.45, 7) is 2.05. The quantitative estimate of drug-likeness (QED) is 0.725.